The fourth-order valence-electron chi connectivity index (χ4n) is 5.26. The van der Waals surface area contributed by atoms with Crippen LogP contribution in [0.15, 0.2) is 30.5 Å². The van der Waals surface area contributed by atoms with Crippen LogP contribution in [-0.4, -0.2) is 72.9 Å². The maximum absolute atomic E-state index is 6.55. The summed E-state index contributed by atoms with van der Waals surface area (Å²) in [4.78, 5) is 9.35. The standard InChI is InChI=1S/C27H39ClN6O3/c1-26(36-13-14-37-26)17-31-19-5-7-20(8-6-19)33-25-15-21(22(28)16-30-25)23-3-2-4-24(34-23)32-18-27(29)9-11-35-12-10-27/h2-4,15-16,19-20,31H,5-14,17-18,29H2,1H3,(H,30,33)(H,32,34). The maximum atomic E-state index is 6.55. The molecule has 3 fully saturated rings. The molecule has 2 aromatic heterocycles. The lowest BCUT2D eigenvalue weighted by Crippen LogP contribution is -2.50. The van der Waals surface area contributed by atoms with E-state index in [0.29, 0.717) is 50.1 Å². The van der Waals surface area contributed by atoms with Gasteiger partial charge in [-0.05, 0) is 63.6 Å². The summed E-state index contributed by atoms with van der Waals surface area (Å²) >= 11 is 6.55. The third kappa shape index (κ3) is 7.10. The molecule has 1 aliphatic carbocycles. The quantitative estimate of drug-likeness (QED) is 0.384. The number of anilines is 2. The molecule has 0 radical (unpaired) electrons. The van der Waals surface area contributed by atoms with Gasteiger partial charge in [0.1, 0.15) is 11.6 Å². The van der Waals surface area contributed by atoms with E-state index in [2.05, 4.69) is 20.9 Å². The maximum Gasteiger partial charge on any atom is 0.178 e. The van der Waals surface area contributed by atoms with Crippen molar-refractivity contribution in [1.29, 1.82) is 0 Å². The van der Waals surface area contributed by atoms with Crippen molar-refractivity contribution in [3.05, 3.63) is 35.5 Å². The van der Waals surface area contributed by atoms with Gasteiger partial charge < -0.3 is 35.9 Å². The first kappa shape index (κ1) is 26.6. The Morgan fingerprint density at radius 3 is 2.49 bits per heavy atom. The first-order chi connectivity index (χ1) is 17.9. The summed E-state index contributed by atoms with van der Waals surface area (Å²) in [6, 6.07) is 8.76. The van der Waals surface area contributed by atoms with Crippen molar-refractivity contribution < 1.29 is 14.2 Å². The molecule has 2 aromatic rings. The lowest BCUT2D eigenvalue weighted by atomic mass is 9.91. The highest BCUT2D eigenvalue weighted by molar-refractivity contribution is 6.33. The van der Waals surface area contributed by atoms with Crippen molar-refractivity contribution >= 4 is 23.2 Å². The van der Waals surface area contributed by atoms with Gasteiger partial charge in [0.05, 0.1) is 23.9 Å². The van der Waals surface area contributed by atoms with Gasteiger partial charge in [0, 0.05) is 55.7 Å². The minimum Gasteiger partial charge on any atom is -0.381 e. The van der Waals surface area contributed by atoms with E-state index in [1.165, 1.54) is 0 Å². The van der Waals surface area contributed by atoms with Gasteiger partial charge in [-0.2, -0.15) is 0 Å². The monoisotopic (exact) mass is 530 g/mol. The molecule has 9 nitrogen and oxygen atoms in total. The second-order valence-corrected chi connectivity index (χ2v) is 11.1. The number of halogens is 1. The number of nitrogens with two attached hydrogens (primary N) is 1. The van der Waals surface area contributed by atoms with E-state index >= 15 is 0 Å². The molecule has 37 heavy (non-hydrogen) atoms. The van der Waals surface area contributed by atoms with Gasteiger partial charge in [-0.25, -0.2) is 9.97 Å². The molecule has 0 atom stereocenters. The van der Waals surface area contributed by atoms with E-state index < -0.39 is 5.79 Å². The number of hydrogen-bond acceptors (Lipinski definition) is 9. The molecule has 0 spiro atoms. The Bertz CT molecular complexity index is 1040. The fourth-order valence-corrected chi connectivity index (χ4v) is 5.46. The molecule has 1 saturated carbocycles. The third-order valence-electron chi connectivity index (χ3n) is 7.68. The molecular formula is C27H39ClN6O3. The molecule has 0 bridgehead atoms. The summed E-state index contributed by atoms with van der Waals surface area (Å²) in [5, 5.41) is 11.2. The van der Waals surface area contributed by atoms with Crippen LogP contribution in [0.3, 0.4) is 0 Å². The van der Waals surface area contributed by atoms with E-state index in [0.717, 1.165) is 68.0 Å². The highest BCUT2D eigenvalue weighted by Crippen LogP contribution is 2.30. The Labute approximate surface area is 224 Å². The second-order valence-electron chi connectivity index (χ2n) is 10.7. The SMILES string of the molecule is CC1(CNC2CCC(Nc3cc(-c4cccc(NCC5(N)CCOCC5)n4)c(Cl)cn3)CC2)OCCO1. The van der Waals surface area contributed by atoms with Crippen molar-refractivity contribution in [3.63, 3.8) is 0 Å². The predicted octanol–water partition coefficient (Wildman–Crippen LogP) is 3.79. The van der Waals surface area contributed by atoms with Crippen LogP contribution >= 0.6 is 11.6 Å². The molecule has 5 rings (SSSR count). The molecule has 0 unspecified atom stereocenters. The number of ether oxygens (including phenoxy) is 3. The highest BCUT2D eigenvalue weighted by Gasteiger charge is 2.32. The Morgan fingerprint density at radius 1 is 1.00 bits per heavy atom. The summed E-state index contributed by atoms with van der Waals surface area (Å²) in [7, 11) is 0. The predicted molar refractivity (Wildman–Crippen MR) is 146 cm³/mol. The number of nitrogens with zero attached hydrogens (tertiary/aromatic N) is 2. The van der Waals surface area contributed by atoms with Crippen LogP contribution in [0.5, 0.6) is 0 Å². The first-order valence-electron chi connectivity index (χ1n) is 13.4. The number of pyridine rings is 2. The minimum absolute atomic E-state index is 0.272. The average Bonchev–Trinajstić information content (AvgIpc) is 3.35. The van der Waals surface area contributed by atoms with Crippen molar-refractivity contribution in [2.24, 2.45) is 5.73 Å². The van der Waals surface area contributed by atoms with Crippen LogP contribution in [0.25, 0.3) is 11.3 Å². The summed E-state index contributed by atoms with van der Waals surface area (Å²) in [6.07, 6.45) is 7.71. The molecule has 2 saturated heterocycles. The van der Waals surface area contributed by atoms with Gasteiger partial charge >= 0.3 is 0 Å². The Balaban J connectivity index is 1.16. The van der Waals surface area contributed by atoms with Crippen molar-refractivity contribution in [2.45, 2.75) is 68.9 Å². The molecular weight excluding hydrogens is 492 g/mol. The van der Waals surface area contributed by atoms with E-state index in [1.54, 1.807) is 6.20 Å². The van der Waals surface area contributed by atoms with Crippen LogP contribution in [0, 0.1) is 0 Å². The molecule has 5 N–H and O–H groups in total. The number of rotatable bonds is 9. The molecule has 202 valence electrons. The van der Waals surface area contributed by atoms with Crippen LogP contribution < -0.4 is 21.7 Å². The zero-order valence-corrected chi connectivity index (χ0v) is 22.4. The Morgan fingerprint density at radius 2 is 1.73 bits per heavy atom. The zero-order valence-electron chi connectivity index (χ0n) is 21.6. The molecule has 0 amide bonds. The number of nitrogens with one attached hydrogen (secondary N) is 3. The van der Waals surface area contributed by atoms with Crippen molar-refractivity contribution in [2.75, 3.05) is 50.2 Å². The van der Waals surface area contributed by atoms with E-state index in [9.17, 15) is 0 Å². The minimum atomic E-state index is -0.490. The van der Waals surface area contributed by atoms with E-state index in [1.807, 2.05) is 31.2 Å². The summed E-state index contributed by atoms with van der Waals surface area (Å²) in [5.74, 6) is 1.11. The van der Waals surface area contributed by atoms with Crippen LogP contribution in [-0.2, 0) is 14.2 Å². The van der Waals surface area contributed by atoms with Gasteiger partial charge in [0.15, 0.2) is 5.79 Å². The first-order valence-corrected chi connectivity index (χ1v) is 13.8. The van der Waals surface area contributed by atoms with Crippen LogP contribution in [0.1, 0.15) is 45.4 Å². The zero-order chi connectivity index (χ0) is 25.7. The van der Waals surface area contributed by atoms with Gasteiger partial charge in [0.25, 0.3) is 0 Å². The normalized spacial score (nSPS) is 25.1. The van der Waals surface area contributed by atoms with Crippen molar-refractivity contribution in [3.8, 4) is 11.3 Å². The smallest absolute Gasteiger partial charge is 0.178 e. The molecule has 2 aliphatic heterocycles. The summed E-state index contributed by atoms with van der Waals surface area (Å²) in [6.45, 7) is 6.13. The van der Waals surface area contributed by atoms with Crippen LogP contribution in [0.4, 0.5) is 11.6 Å². The van der Waals surface area contributed by atoms with Crippen molar-refractivity contribution in [1.82, 2.24) is 15.3 Å². The molecule has 3 aliphatic rings. The van der Waals surface area contributed by atoms with Gasteiger partial charge in [-0.15, -0.1) is 0 Å². The fraction of sp³-hybridized carbons (Fsp3) is 0.630. The van der Waals surface area contributed by atoms with Crippen LogP contribution in [0.2, 0.25) is 5.02 Å². The van der Waals surface area contributed by atoms with E-state index in [4.69, 9.17) is 36.5 Å². The topological polar surface area (TPSA) is 116 Å². The second kappa shape index (κ2) is 11.8. The van der Waals surface area contributed by atoms with E-state index in [-0.39, 0.29) is 5.54 Å². The summed E-state index contributed by atoms with van der Waals surface area (Å²) in [5.41, 5.74) is 7.91. The lowest BCUT2D eigenvalue weighted by Gasteiger charge is -2.33. The molecule has 0 aromatic carbocycles. The lowest BCUT2D eigenvalue weighted by molar-refractivity contribution is -0.139. The Hall–Kier alpha value is -2.01. The number of hydrogen-bond donors (Lipinski definition) is 4. The largest absolute Gasteiger partial charge is 0.381 e. The molecule has 10 heteroatoms. The Kier molecular flexibility index (Phi) is 8.48. The third-order valence-corrected chi connectivity index (χ3v) is 7.98. The highest BCUT2D eigenvalue weighted by atomic mass is 35.5. The number of aromatic nitrogens is 2. The summed E-state index contributed by atoms with van der Waals surface area (Å²) < 4.78 is 16.9. The van der Waals surface area contributed by atoms with Gasteiger partial charge in [-0.1, -0.05) is 17.7 Å². The average molecular weight is 531 g/mol. The van der Waals surface area contributed by atoms with Gasteiger partial charge in [0.2, 0.25) is 0 Å². The molecule has 4 heterocycles. The van der Waals surface area contributed by atoms with Gasteiger partial charge in [-0.3, -0.25) is 0 Å².